The predicted molar refractivity (Wildman–Crippen MR) is 121 cm³/mol. The molecule has 0 heterocycles. The number of carboxylic acid groups (broad SMARTS) is 2. The van der Waals surface area contributed by atoms with E-state index in [1.807, 2.05) is 5.32 Å². The number of aliphatic carboxylic acids is 2. The third-order valence-corrected chi connectivity index (χ3v) is 4.85. The molecule has 4 amide bonds. The first kappa shape index (κ1) is 29.8. The van der Waals surface area contributed by atoms with E-state index in [9.17, 15) is 39.0 Å². The van der Waals surface area contributed by atoms with Gasteiger partial charge >= 0.3 is 11.9 Å². The molecule has 15 heteroatoms. The van der Waals surface area contributed by atoms with Crippen LogP contribution in [0, 0.1) is 0 Å². The summed E-state index contributed by atoms with van der Waals surface area (Å²) in [6.07, 6.45) is -1.53. The van der Waals surface area contributed by atoms with E-state index in [1.165, 1.54) is 12.1 Å². The number of carbonyl (C=O) groups excluding carboxylic acids is 4. The van der Waals surface area contributed by atoms with Crippen molar-refractivity contribution in [3.63, 3.8) is 0 Å². The van der Waals surface area contributed by atoms with Gasteiger partial charge in [-0.05, 0) is 30.5 Å². The number of hydrogen-bond donors (Lipinski definition) is 9. The Hall–Kier alpha value is -4.24. The molecule has 1 rings (SSSR count). The number of benzene rings is 1. The minimum absolute atomic E-state index is 0.0140. The lowest BCUT2D eigenvalue weighted by atomic mass is 10.0. The number of nitrogens with two attached hydrogens (primary N) is 2. The van der Waals surface area contributed by atoms with Crippen molar-refractivity contribution in [1.82, 2.24) is 16.0 Å². The van der Waals surface area contributed by atoms with Crippen molar-refractivity contribution in [1.29, 1.82) is 0 Å². The Morgan fingerprint density at radius 3 is 1.86 bits per heavy atom. The van der Waals surface area contributed by atoms with Gasteiger partial charge in [-0.1, -0.05) is 12.1 Å². The van der Waals surface area contributed by atoms with Gasteiger partial charge in [-0.25, -0.2) is 4.79 Å². The average Bonchev–Trinajstić information content (AvgIpc) is 2.80. The standard InChI is InChI=1S/C21H29N5O10/c22-12(7-10-1-3-11(28)4-2-10)18(32)24-13(5-6-16(23)29)19(33)26-15(9-27)20(34)25-14(21(35)36)8-17(30)31/h1-4,12-15,27-28H,5-9,22H2,(H2,23,29)(H,24,32)(H,25,34)(H,26,33)(H,30,31)(H,35,36). The molecule has 198 valence electrons. The number of hydrogen-bond acceptors (Lipinski definition) is 9. The van der Waals surface area contributed by atoms with E-state index >= 15 is 0 Å². The van der Waals surface area contributed by atoms with Gasteiger partial charge in [0.05, 0.1) is 19.1 Å². The van der Waals surface area contributed by atoms with Crippen molar-refractivity contribution in [2.45, 2.75) is 49.9 Å². The van der Waals surface area contributed by atoms with E-state index in [2.05, 4.69) is 10.6 Å². The lowest BCUT2D eigenvalue weighted by molar-refractivity contribution is -0.147. The van der Waals surface area contributed by atoms with Gasteiger partial charge in [-0.15, -0.1) is 0 Å². The number of phenolic OH excluding ortho intramolecular Hbond substituents is 1. The smallest absolute Gasteiger partial charge is 0.326 e. The number of phenols is 1. The molecule has 15 nitrogen and oxygen atoms in total. The molecular formula is C21H29N5O10. The van der Waals surface area contributed by atoms with Gasteiger partial charge < -0.3 is 47.8 Å². The van der Waals surface area contributed by atoms with Crippen LogP contribution in [0.25, 0.3) is 0 Å². The van der Waals surface area contributed by atoms with Crippen molar-refractivity contribution in [3.05, 3.63) is 29.8 Å². The van der Waals surface area contributed by atoms with Crippen LogP contribution in [0.1, 0.15) is 24.8 Å². The first-order valence-corrected chi connectivity index (χ1v) is 10.6. The second-order valence-electron chi connectivity index (χ2n) is 7.78. The SMILES string of the molecule is NC(=O)CCC(NC(=O)C(N)Cc1ccc(O)cc1)C(=O)NC(CO)C(=O)NC(CC(=O)O)C(=O)O. The molecule has 0 aromatic heterocycles. The third kappa shape index (κ3) is 10.4. The fraction of sp³-hybridized carbons (Fsp3) is 0.429. The van der Waals surface area contributed by atoms with Crippen molar-refractivity contribution in [3.8, 4) is 5.75 Å². The molecule has 0 aliphatic carbocycles. The van der Waals surface area contributed by atoms with E-state index < -0.39 is 72.8 Å². The van der Waals surface area contributed by atoms with E-state index in [4.69, 9.17) is 21.7 Å². The zero-order valence-electron chi connectivity index (χ0n) is 19.0. The highest BCUT2D eigenvalue weighted by atomic mass is 16.4. The van der Waals surface area contributed by atoms with Crippen molar-refractivity contribution in [2.24, 2.45) is 11.5 Å². The number of carboxylic acids is 2. The van der Waals surface area contributed by atoms with E-state index in [-0.39, 0.29) is 25.0 Å². The molecule has 0 aliphatic rings. The summed E-state index contributed by atoms with van der Waals surface area (Å²) in [6, 6.07) is -0.202. The van der Waals surface area contributed by atoms with Crippen LogP contribution in [0.4, 0.5) is 0 Å². The summed E-state index contributed by atoms with van der Waals surface area (Å²) in [7, 11) is 0. The summed E-state index contributed by atoms with van der Waals surface area (Å²) in [5.74, 6) is -6.92. The van der Waals surface area contributed by atoms with Crippen LogP contribution in [0.15, 0.2) is 24.3 Å². The van der Waals surface area contributed by atoms with Crippen LogP contribution in [-0.4, -0.2) is 86.8 Å². The summed E-state index contributed by atoms with van der Waals surface area (Å²) < 4.78 is 0. The van der Waals surface area contributed by atoms with Gasteiger partial charge in [0.25, 0.3) is 0 Å². The van der Waals surface area contributed by atoms with Gasteiger partial charge in [0.2, 0.25) is 23.6 Å². The summed E-state index contributed by atoms with van der Waals surface area (Å²) >= 11 is 0. The highest BCUT2D eigenvalue weighted by Crippen LogP contribution is 2.11. The van der Waals surface area contributed by atoms with Crippen LogP contribution in [-0.2, 0) is 35.2 Å². The largest absolute Gasteiger partial charge is 0.508 e. The molecule has 0 fully saturated rings. The minimum Gasteiger partial charge on any atom is -0.508 e. The topological polar surface area (TPSA) is 271 Å². The lowest BCUT2D eigenvalue weighted by Gasteiger charge is -2.24. The lowest BCUT2D eigenvalue weighted by Crippen LogP contribution is -2.58. The van der Waals surface area contributed by atoms with Crippen LogP contribution in [0.3, 0.4) is 0 Å². The van der Waals surface area contributed by atoms with Crippen LogP contribution < -0.4 is 27.4 Å². The van der Waals surface area contributed by atoms with E-state index in [0.717, 1.165) is 0 Å². The number of aromatic hydroxyl groups is 1. The molecular weight excluding hydrogens is 482 g/mol. The molecule has 0 saturated heterocycles. The highest BCUT2D eigenvalue weighted by Gasteiger charge is 2.31. The fourth-order valence-electron chi connectivity index (χ4n) is 2.93. The fourth-order valence-corrected chi connectivity index (χ4v) is 2.93. The van der Waals surface area contributed by atoms with Crippen molar-refractivity contribution >= 4 is 35.6 Å². The number of aliphatic hydroxyl groups excluding tert-OH is 1. The molecule has 4 atom stereocenters. The number of nitrogens with one attached hydrogen (secondary N) is 3. The number of carbonyl (C=O) groups is 6. The summed E-state index contributed by atoms with van der Waals surface area (Å²) in [6.45, 7) is -0.992. The number of rotatable bonds is 15. The minimum atomic E-state index is -1.83. The second-order valence-corrected chi connectivity index (χ2v) is 7.78. The van der Waals surface area contributed by atoms with Gasteiger partial charge in [0.15, 0.2) is 0 Å². The number of primary amides is 1. The molecule has 0 saturated carbocycles. The van der Waals surface area contributed by atoms with Crippen molar-refractivity contribution < 1.29 is 49.2 Å². The Morgan fingerprint density at radius 2 is 1.36 bits per heavy atom. The van der Waals surface area contributed by atoms with Crippen LogP contribution in [0.5, 0.6) is 5.75 Å². The molecule has 1 aromatic carbocycles. The van der Waals surface area contributed by atoms with Gasteiger partial charge in [0, 0.05) is 6.42 Å². The Labute approximate surface area is 204 Å². The highest BCUT2D eigenvalue weighted by molar-refractivity contribution is 5.95. The molecule has 0 aliphatic heterocycles. The summed E-state index contributed by atoms with van der Waals surface area (Å²) in [5, 5.41) is 43.0. The maximum atomic E-state index is 12.7. The first-order chi connectivity index (χ1) is 16.8. The Balaban J connectivity index is 2.89. The molecule has 36 heavy (non-hydrogen) atoms. The van der Waals surface area contributed by atoms with E-state index in [0.29, 0.717) is 5.56 Å². The number of amides is 4. The first-order valence-electron chi connectivity index (χ1n) is 10.6. The predicted octanol–water partition coefficient (Wildman–Crippen LogP) is -3.47. The Morgan fingerprint density at radius 1 is 0.833 bits per heavy atom. The summed E-state index contributed by atoms with van der Waals surface area (Å²) in [4.78, 5) is 70.7. The molecule has 0 radical (unpaired) electrons. The third-order valence-electron chi connectivity index (χ3n) is 4.85. The maximum Gasteiger partial charge on any atom is 0.326 e. The molecule has 0 spiro atoms. The zero-order chi connectivity index (χ0) is 27.4. The molecule has 11 N–H and O–H groups in total. The van der Waals surface area contributed by atoms with Gasteiger partial charge in [-0.3, -0.25) is 24.0 Å². The summed E-state index contributed by atoms with van der Waals surface area (Å²) in [5.41, 5.74) is 11.6. The number of aliphatic hydroxyl groups is 1. The van der Waals surface area contributed by atoms with Gasteiger partial charge in [-0.2, -0.15) is 0 Å². The Bertz CT molecular complexity index is 968. The van der Waals surface area contributed by atoms with Crippen molar-refractivity contribution in [2.75, 3.05) is 6.61 Å². The maximum absolute atomic E-state index is 12.7. The second kappa shape index (κ2) is 14.2. The quantitative estimate of drug-likeness (QED) is 0.112. The monoisotopic (exact) mass is 511 g/mol. The Kier molecular flexibility index (Phi) is 11.8. The van der Waals surface area contributed by atoms with E-state index in [1.54, 1.807) is 12.1 Å². The van der Waals surface area contributed by atoms with Crippen LogP contribution in [0.2, 0.25) is 0 Å². The molecule has 0 bridgehead atoms. The van der Waals surface area contributed by atoms with Gasteiger partial charge in [0.1, 0.15) is 23.9 Å². The normalized spacial score (nSPS) is 13.9. The molecule has 1 aromatic rings. The average molecular weight is 511 g/mol. The zero-order valence-corrected chi connectivity index (χ0v) is 19.0. The molecule has 4 unspecified atom stereocenters. The van der Waals surface area contributed by atoms with Crippen LogP contribution >= 0.6 is 0 Å².